The van der Waals surface area contributed by atoms with Gasteiger partial charge in [-0.1, -0.05) is 18.9 Å². The third-order valence-corrected chi connectivity index (χ3v) is 3.57. The van der Waals surface area contributed by atoms with E-state index < -0.39 is 0 Å². The second-order valence-electron chi connectivity index (χ2n) is 4.32. The molecule has 0 aromatic rings. The number of rotatable bonds is 3. The zero-order valence-electron chi connectivity index (χ0n) is 7.76. The molecule has 0 aromatic heterocycles. The van der Waals surface area contributed by atoms with Crippen LogP contribution in [-0.4, -0.2) is 12.6 Å². The molecule has 3 fully saturated rings. The van der Waals surface area contributed by atoms with Gasteiger partial charge in [0.15, 0.2) is 0 Å². The van der Waals surface area contributed by atoms with E-state index in [1.165, 1.54) is 32.1 Å². The maximum absolute atomic E-state index is 3.74. The Morgan fingerprint density at radius 3 is 2.50 bits per heavy atom. The normalized spacial score (nSPS) is 39.8. The minimum atomic E-state index is 0.815. The van der Waals surface area contributed by atoms with Crippen molar-refractivity contribution in [1.82, 2.24) is 5.32 Å². The van der Waals surface area contributed by atoms with Gasteiger partial charge in [0.1, 0.15) is 0 Å². The highest BCUT2D eigenvalue weighted by Crippen LogP contribution is 2.41. The van der Waals surface area contributed by atoms with Crippen molar-refractivity contribution < 1.29 is 0 Å². The Hall–Kier alpha value is -0.300. The molecule has 12 heavy (non-hydrogen) atoms. The van der Waals surface area contributed by atoms with Gasteiger partial charge in [-0.2, -0.15) is 0 Å². The first-order valence-electron chi connectivity index (χ1n) is 5.24. The van der Waals surface area contributed by atoms with Gasteiger partial charge in [0, 0.05) is 12.6 Å². The Kier molecular flexibility index (Phi) is 2.50. The number of nitrogens with one attached hydrogen (secondary N) is 1. The molecule has 3 aliphatic carbocycles. The zero-order valence-corrected chi connectivity index (χ0v) is 7.76. The largest absolute Gasteiger partial charge is 0.310 e. The summed E-state index contributed by atoms with van der Waals surface area (Å²) in [5.74, 6) is 2.02. The van der Waals surface area contributed by atoms with E-state index in [-0.39, 0.29) is 0 Å². The molecule has 3 aliphatic rings. The van der Waals surface area contributed by atoms with E-state index in [0.29, 0.717) is 0 Å². The molecule has 1 atom stereocenters. The smallest absolute Gasteiger partial charge is 0.0134 e. The van der Waals surface area contributed by atoms with Crippen LogP contribution >= 0.6 is 0 Å². The van der Waals surface area contributed by atoms with Crippen molar-refractivity contribution in [3.8, 4) is 0 Å². The molecule has 1 heteroatoms. The molecule has 0 heterocycles. The first-order chi connectivity index (χ1) is 5.90. The Bertz CT molecular complexity index is 156. The van der Waals surface area contributed by atoms with E-state index in [4.69, 9.17) is 0 Å². The molecule has 68 valence electrons. The fourth-order valence-corrected chi connectivity index (χ4v) is 2.86. The fraction of sp³-hybridized carbons (Fsp3) is 0.818. The van der Waals surface area contributed by atoms with Gasteiger partial charge in [0.05, 0.1) is 0 Å². The average Bonchev–Trinajstić information content (AvgIpc) is 2.17. The summed E-state index contributed by atoms with van der Waals surface area (Å²) in [7, 11) is 0. The molecule has 0 amide bonds. The van der Waals surface area contributed by atoms with Gasteiger partial charge in [-0.3, -0.25) is 0 Å². The highest BCUT2D eigenvalue weighted by Gasteiger charge is 2.34. The summed E-state index contributed by atoms with van der Waals surface area (Å²) in [5, 5.41) is 3.58. The van der Waals surface area contributed by atoms with Gasteiger partial charge in [0.2, 0.25) is 0 Å². The summed E-state index contributed by atoms with van der Waals surface area (Å²) in [6.45, 7) is 4.74. The van der Waals surface area contributed by atoms with Gasteiger partial charge < -0.3 is 5.32 Å². The van der Waals surface area contributed by atoms with Crippen LogP contribution in [0.25, 0.3) is 0 Å². The number of hydrogen-bond donors (Lipinski definition) is 1. The van der Waals surface area contributed by atoms with Crippen LogP contribution in [0.3, 0.4) is 0 Å². The molecule has 2 bridgehead atoms. The SMILES string of the molecule is C=CCNC1CC2CCC1CC2. The third-order valence-electron chi connectivity index (χ3n) is 3.57. The lowest BCUT2D eigenvalue weighted by Crippen LogP contribution is -2.44. The lowest BCUT2D eigenvalue weighted by Gasteiger charge is -2.42. The van der Waals surface area contributed by atoms with Crippen molar-refractivity contribution in [2.45, 2.75) is 38.1 Å². The first kappa shape index (κ1) is 8.31. The van der Waals surface area contributed by atoms with Gasteiger partial charge in [-0.25, -0.2) is 0 Å². The number of fused-ring (bicyclic) bond motifs is 3. The lowest BCUT2D eigenvalue weighted by atomic mass is 9.68. The molecule has 1 N–H and O–H groups in total. The van der Waals surface area contributed by atoms with Gasteiger partial charge in [-0.05, 0) is 31.1 Å². The minimum absolute atomic E-state index is 0.815. The molecule has 3 saturated carbocycles. The van der Waals surface area contributed by atoms with Crippen molar-refractivity contribution in [2.24, 2.45) is 11.8 Å². The van der Waals surface area contributed by atoms with E-state index in [0.717, 1.165) is 24.4 Å². The van der Waals surface area contributed by atoms with Crippen LogP contribution in [0.2, 0.25) is 0 Å². The Morgan fingerprint density at radius 1 is 1.25 bits per heavy atom. The van der Waals surface area contributed by atoms with Crippen LogP contribution in [0.1, 0.15) is 32.1 Å². The molecule has 3 rings (SSSR count). The highest BCUT2D eigenvalue weighted by atomic mass is 14.9. The van der Waals surface area contributed by atoms with Gasteiger partial charge in [0.25, 0.3) is 0 Å². The second-order valence-corrected chi connectivity index (χ2v) is 4.32. The van der Waals surface area contributed by atoms with Crippen LogP contribution in [0, 0.1) is 11.8 Å². The maximum Gasteiger partial charge on any atom is 0.0134 e. The summed E-state index contributed by atoms with van der Waals surface area (Å²) in [4.78, 5) is 0. The van der Waals surface area contributed by atoms with E-state index in [2.05, 4.69) is 11.9 Å². The molecular weight excluding hydrogens is 146 g/mol. The summed E-state index contributed by atoms with van der Waals surface area (Å²) >= 11 is 0. The maximum atomic E-state index is 3.74. The first-order valence-corrected chi connectivity index (χ1v) is 5.24. The monoisotopic (exact) mass is 165 g/mol. The summed E-state index contributed by atoms with van der Waals surface area (Å²) in [5.41, 5.74) is 0. The molecular formula is C11H19N. The quantitative estimate of drug-likeness (QED) is 0.633. The predicted molar refractivity (Wildman–Crippen MR) is 52.1 cm³/mol. The summed E-state index contributed by atoms with van der Waals surface area (Å²) in [6, 6.07) is 0.815. The molecule has 0 aromatic carbocycles. The summed E-state index contributed by atoms with van der Waals surface area (Å²) < 4.78 is 0. The van der Waals surface area contributed by atoms with Crippen LogP contribution in [-0.2, 0) is 0 Å². The Balaban J connectivity index is 1.86. The van der Waals surface area contributed by atoms with Crippen LogP contribution in [0.4, 0.5) is 0 Å². The van der Waals surface area contributed by atoms with E-state index in [1.54, 1.807) is 0 Å². The molecule has 0 radical (unpaired) electrons. The Labute approximate surface area is 75.2 Å². The van der Waals surface area contributed by atoms with Gasteiger partial charge >= 0.3 is 0 Å². The topological polar surface area (TPSA) is 12.0 Å². The standard InChI is InChI=1S/C11H19N/c1-2-7-12-11-8-9-3-5-10(11)6-4-9/h2,9-12H,1,3-8H2. The van der Waals surface area contributed by atoms with Crippen LogP contribution in [0.5, 0.6) is 0 Å². The van der Waals surface area contributed by atoms with Crippen LogP contribution < -0.4 is 5.32 Å². The van der Waals surface area contributed by atoms with E-state index >= 15 is 0 Å². The highest BCUT2D eigenvalue weighted by molar-refractivity contribution is 4.91. The second kappa shape index (κ2) is 3.61. The molecule has 0 aliphatic heterocycles. The van der Waals surface area contributed by atoms with Crippen molar-refractivity contribution >= 4 is 0 Å². The number of hydrogen-bond acceptors (Lipinski definition) is 1. The fourth-order valence-electron chi connectivity index (χ4n) is 2.86. The lowest BCUT2D eigenvalue weighted by molar-refractivity contribution is 0.127. The minimum Gasteiger partial charge on any atom is -0.310 e. The van der Waals surface area contributed by atoms with Crippen molar-refractivity contribution in [3.05, 3.63) is 12.7 Å². The third kappa shape index (κ3) is 1.56. The zero-order chi connectivity index (χ0) is 8.39. The molecule has 0 spiro atoms. The Morgan fingerprint density at radius 2 is 2.00 bits per heavy atom. The van der Waals surface area contributed by atoms with E-state index in [1.807, 2.05) is 6.08 Å². The van der Waals surface area contributed by atoms with Gasteiger partial charge in [-0.15, -0.1) is 6.58 Å². The van der Waals surface area contributed by atoms with Crippen molar-refractivity contribution in [1.29, 1.82) is 0 Å². The summed E-state index contributed by atoms with van der Waals surface area (Å²) in [6.07, 6.45) is 9.34. The molecule has 0 saturated heterocycles. The molecule has 1 unspecified atom stereocenters. The average molecular weight is 165 g/mol. The van der Waals surface area contributed by atoms with Crippen molar-refractivity contribution in [3.63, 3.8) is 0 Å². The van der Waals surface area contributed by atoms with Crippen LogP contribution in [0.15, 0.2) is 12.7 Å². The molecule has 1 nitrogen and oxygen atoms in total. The predicted octanol–water partition coefficient (Wildman–Crippen LogP) is 2.34. The van der Waals surface area contributed by atoms with E-state index in [9.17, 15) is 0 Å². The van der Waals surface area contributed by atoms with Crippen molar-refractivity contribution in [2.75, 3.05) is 6.54 Å².